The number of amides is 1. The number of carboxylic acid groups (broad SMARTS) is 1. The number of rotatable bonds is 7. The van der Waals surface area contributed by atoms with E-state index in [4.69, 9.17) is 21.2 Å². The summed E-state index contributed by atoms with van der Waals surface area (Å²) in [6.45, 7) is 0. The fraction of sp³-hybridized carbons (Fsp3) is 0.474. The fourth-order valence-electron chi connectivity index (χ4n) is 3.26. The first-order valence-corrected chi connectivity index (χ1v) is 9.50. The van der Waals surface area contributed by atoms with E-state index in [1.165, 1.54) is 0 Å². The largest absolute Gasteiger partial charge is 0.481 e. The van der Waals surface area contributed by atoms with E-state index in [9.17, 15) is 9.59 Å². The molecule has 3 rings (SSSR count). The third-order valence-electron chi connectivity index (χ3n) is 4.81. The quantitative estimate of drug-likeness (QED) is 0.748. The van der Waals surface area contributed by atoms with Crippen molar-refractivity contribution >= 4 is 23.5 Å². The molecule has 0 spiro atoms. The highest BCUT2D eigenvalue weighted by atomic mass is 35.5. The van der Waals surface area contributed by atoms with Gasteiger partial charge in [0.2, 0.25) is 17.6 Å². The van der Waals surface area contributed by atoms with Gasteiger partial charge in [0.25, 0.3) is 0 Å². The lowest BCUT2D eigenvalue weighted by molar-refractivity contribution is -0.142. The third-order valence-corrected chi connectivity index (χ3v) is 5.06. The molecule has 7 nitrogen and oxygen atoms in total. The fourth-order valence-corrected chi connectivity index (χ4v) is 3.38. The summed E-state index contributed by atoms with van der Waals surface area (Å²) < 4.78 is 5.23. The van der Waals surface area contributed by atoms with Gasteiger partial charge in [-0.2, -0.15) is 4.98 Å². The maximum Gasteiger partial charge on any atom is 0.306 e. The minimum atomic E-state index is -0.739. The Kier molecular flexibility index (Phi) is 6.45. The maximum atomic E-state index is 12.1. The van der Waals surface area contributed by atoms with E-state index in [-0.39, 0.29) is 17.9 Å². The monoisotopic (exact) mass is 391 g/mol. The lowest BCUT2D eigenvalue weighted by Crippen LogP contribution is -2.38. The number of carbonyl (C=O) groups excluding carboxylic acids is 1. The van der Waals surface area contributed by atoms with Crippen LogP contribution in [0, 0.1) is 5.92 Å². The molecule has 2 aromatic rings. The van der Waals surface area contributed by atoms with E-state index < -0.39 is 5.97 Å². The summed E-state index contributed by atoms with van der Waals surface area (Å²) >= 11 is 5.87. The van der Waals surface area contributed by atoms with Gasteiger partial charge in [-0.15, -0.1) is 0 Å². The lowest BCUT2D eigenvalue weighted by Gasteiger charge is -2.26. The van der Waals surface area contributed by atoms with Crippen molar-refractivity contribution in [2.24, 2.45) is 5.92 Å². The van der Waals surface area contributed by atoms with Crippen molar-refractivity contribution < 1.29 is 19.2 Å². The number of hydrogen-bond acceptors (Lipinski definition) is 5. The van der Waals surface area contributed by atoms with Crippen LogP contribution in [0.4, 0.5) is 0 Å². The summed E-state index contributed by atoms with van der Waals surface area (Å²) in [5, 5.41) is 16.6. The van der Waals surface area contributed by atoms with Gasteiger partial charge in [0.1, 0.15) is 0 Å². The van der Waals surface area contributed by atoms with Crippen molar-refractivity contribution in [2.45, 2.75) is 51.0 Å². The molecule has 0 aliphatic heterocycles. The molecule has 1 aromatic carbocycles. The number of aliphatic carboxylic acids is 1. The first kappa shape index (κ1) is 19.4. The molecule has 0 radical (unpaired) electrons. The van der Waals surface area contributed by atoms with E-state index in [0.717, 1.165) is 18.4 Å². The minimum absolute atomic E-state index is 0.0220. The highest BCUT2D eigenvalue weighted by Crippen LogP contribution is 2.24. The molecule has 144 valence electrons. The highest BCUT2D eigenvalue weighted by molar-refractivity contribution is 6.30. The van der Waals surface area contributed by atoms with E-state index in [1.54, 1.807) is 12.1 Å². The summed E-state index contributed by atoms with van der Waals surface area (Å²) in [6, 6.07) is 7.25. The molecule has 0 unspecified atom stereocenters. The Labute approximate surface area is 162 Å². The number of aryl methyl sites for hydroxylation is 1. The van der Waals surface area contributed by atoms with Crippen LogP contribution in [0.1, 0.15) is 44.4 Å². The van der Waals surface area contributed by atoms with Gasteiger partial charge in [0.05, 0.1) is 5.92 Å². The van der Waals surface area contributed by atoms with Gasteiger partial charge in [-0.05, 0) is 56.4 Å². The van der Waals surface area contributed by atoms with Gasteiger partial charge in [-0.25, -0.2) is 0 Å². The summed E-state index contributed by atoms with van der Waals surface area (Å²) in [6.07, 6.45) is 4.19. The third kappa shape index (κ3) is 5.53. The van der Waals surface area contributed by atoms with Crippen LogP contribution in [0.25, 0.3) is 11.4 Å². The number of hydrogen-bond donors (Lipinski definition) is 2. The average Bonchev–Trinajstić information content (AvgIpc) is 3.11. The standard InChI is InChI=1S/C19H22ClN3O4/c20-14-8-4-12(5-9-14)18-22-17(27-23-18)3-1-2-16(24)21-15-10-6-13(7-11-15)19(25)26/h4-5,8-9,13,15H,1-3,6-7,10-11H2,(H,21,24)(H,25,26). The Bertz CT molecular complexity index is 783. The summed E-state index contributed by atoms with van der Waals surface area (Å²) in [5.74, 6) is -0.0370. The van der Waals surface area contributed by atoms with Gasteiger partial charge in [-0.1, -0.05) is 16.8 Å². The molecule has 2 N–H and O–H groups in total. The molecule has 1 amide bonds. The molecule has 1 heterocycles. The highest BCUT2D eigenvalue weighted by Gasteiger charge is 2.26. The Morgan fingerprint density at radius 3 is 2.56 bits per heavy atom. The zero-order valence-electron chi connectivity index (χ0n) is 14.9. The molecule has 1 saturated carbocycles. The number of benzene rings is 1. The number of halogens is 1. The molecular formula is C19H22ClN3O4. The zero-order valence-corrected chi connectivity index (χ0v) is 15.6. The molecule has 0 saturated heterocycles. The van der Waals surface area contributed by atoms with Gasteiger partial charge < -0.3 is 14.9 Å². The summed E-state index contributed by atoms with van der Waals surface area (Å²) in [7, 11) is 0. The second-order valence-electron chi connectivity index (χ2n) is 6.83. The summed E-state index contributed by atoms with van der Waals surface area (Å²) in [5.41, 5.74) is 0.823. The van der Waals surface area contributed by atoms with Crippen LogP contribution < -0.4 is 5.32 Å². The number of aromatic nitrogens is 2. The Hall–Kier alpha value is -2.41. The van der Waals surface area contributed by atoms with Crippen LogP contribution in [0.3, 0.4) is 0 Å². The van der Waals surface area contributed by atoms with Gasteiger partial charge in [-0.3, -0.25) is 9.59 Å². The summed E-state index contributed by atoms with van der Waals surface area (Å²) in [4.78, 5) is 27.4. The first-order valence-electron chi connectivity index (χ1n) is 9.12. The van der Waals surface area contributed by atoms with Crippen molar-refractivity contribution in [3.05, 3.63) is 35.2 Å². The molecule has 1 aliphatic rings. The molecule has 0 atom stereocenters. The van der Waals surface area contributed by atoms with E-state index in [2.05, 4.69) is 15.5 Å². The SMILES string of the molecule is O=C(CCCc1nc(-c2ccc(Cl)cc2)no1)NC1CCC(C(=O)O)CC1. The Balaban J connectivity index is 1.39. The van der Waals surface area contributed by atoms with Gasteiger partial charge >= 0.3 is 5.97 Å². The van der Waals surface area contributed by atoms with Crippen LogP contribution in [-0.4, -0.2) is 33.2 Å². The van der Waals surface area contributed by atoms with Crippen LogP contribution in [0.15, 0.2) is 28.8 Å². The predicted molar refractivity (Wildman–Crippen MR) is 99.2 cm³/mol. The second kappa shape index (κ2) is 8.99. The van der Waals surface area contributed by atoms with Crippen molar-refractivity contribution in [3.63, 3.8) is 0 Å². The smallest absolute Gasteiger partial charge is 0.306 e. The normalized spacial score (nSPS) is 19.6. The van der Waals surface area contributed by atoms with Gasteiger partial charge in [0, 0.05) is 29.5 Å². The number of nitrogens with one attached hydrogen (secondary N) is 1. The second-order valence-corrected chi connectivity index (χ2v) is 7.26. The van der Waals surface area contributed by atoms with E-state index in [1.807, 2.05) is 12.1 Å². The average molecular weight is 392 g/mol. The van der Waals surface area contributed by atoms with Crippen molar-refractivity contribution in [2.75, 3.05) is 0 Å². The molecule has 1 aliphatic carbocycles. The first-order chi connectivity index (χ1) is 13.0. The molecule has 27 heavy (non-hydrogen) atoms. The maximum absolute atomic E-state index is 12.1. The number of nitrogens with zero attached hydrogens (tertiary/aromatic N) is 2. The van der Waals surface area contributed by atoms with E-state index in [0.29, 0.717) is 48.8 Å². The van der Waals surface area contributed by atoms with Crippen LogP contribution in [0.5, 0.6) is 0 Å². The number of carbonyl (C=O) groups is 2. The number of carboxylic acids is 1. The molecule has 0 bridgehead atoms. The zero-order chi connectivity index (χ0) is 19.2. The molecule has 8 heteroatoms. The minimum Gasteiger partial charge on any atom is -0.481 e. The predicted octanol–water partition coefficient (Wildman–Crippen LogP) is 3.47. The molecule has 1 aromatic heterocycles. The van der Waals surface area contributed by atoms with Crippen LogP contribution in [0.2, 0.25) is 5.02 Å². The van der Waals surface area contributed by atoms with Crippen LogP contribution >= 0.6 is 11.6 Å². The van der Waals surface area contributed by atoms with Crippen LogP contribution in [-0.2, 0) is 16.0 Å². The Morgan fingerprint density at radius 1 is 1.19 bits per heavy atom. The Morgan fingerprint density at radius 2 is 1.89 bits per heavy atom. The van der Waals surface area contributed by atoms with Crippen molar-refractivity contribution in [1.29, 1.82) is 0 Å². The molecular weight excluding hydrogens is 370 g/mol. The topological polar surface area (TPSA) is 105 Å². The van der Waals surface area contributed by atoms with Crippen molar-refractivity contribution in [3.8, 4) is 11.4 Å². The van der Waals surface area contributed by atoms with E-state index >= 15 is 0 Å². The van der Waals surface area contributed by atoms with Crippen molar-refractivity contribution in [1.82, 2.24) is 15.5 Å². The lowest BCUT2D eigenvalue weighted by atomic mass is 9.86. The van der Waals surface area contributed by atoms with Gasteiger partial charge in [0.15, 0.2) is 0 Å². The molecule has 1 fully saturated rings.